The zero-order valence-electron chi connectivity index (χ0n) is 9.94. The molecular weight excluding hydrogens is 218 g/mol. The third-order valence-corrected chi connectivity index (χ3v) is 3.22. The first-order valence-corrected chi connectivity index (χ1v) is 5.89. The van der Waals surface area contributed by atoms with Crippen molar-refractivity contribution in [3.63, 3.8) is 0 Å². The lowest BCUT2D eigenvalue weighted by Gasteiger charge is -2.29. The zero-order chi connectivity index (χ0) is 12.3. The molecule has 1 aliphatic rings. The number of anilines is 1. The number of hydrogen-bond donors (Lipinski definition) is 2. The summed E-state index contributed by atoms with van der Waals surface area (Å²) in [4.78, 5) is 19.2. The Morgan fingerprint density at radius 3 is 2.82 bits per heavy atom. The minimum absolute atomic E-state index is 0.149. The Morgan fingerprint density at radius 1 is 1.53 bits per heavy atom. The molecule has 1 fully saturated rings. The van der Waals surface area contributed by atoms with Crippen molar-refractivity contribution in [2.45, 2.75) is 44.6 Å². The standard InChI is InChI=1S/C12H17N3O2/c1-9-13-7-4-10(14-9)15-12(8-11(16)17)5-2-3-6-12/h4,7H,2-3,5-6,8H2,1H3,(H,16,17)(H,13,14,15). The maximum Gasteiger partial charge on any atom is 0.305 e. The van der Waals surface area contributed by atoms with E-state index in [0.717, 1.165) is 31.5 Å². The Balaban J connectivity index is 2.15. The molecule has 2 rings (SSSR count). The fraction of sp³-hybridized carbons (Fsp3) is 0.583. The van der Waals surface area contributed by atoms with Gasteiger partial charge in [-0.3, -0.25) is 4.79 Å². The number of aromatic nitrogens is 2. The van der Waals surface area contributed by atoms with Crippen LogP contribution in [0.4, 0.5) is 5.82 Å². The van der Waals surface area contributed by atoms with E-state index in [1.165, 1.54) is 0 Å². The predicted octanol–water partition coefficient (Wildman–Crippen LogP) is 1.98. The van der Waals surface area contributed by atoms with Crippen molar-refractivity contribution in [2.75, 3.05) is 5.32 Å². The van der Waals surface area contributed by atoms with Crippen molar-refractivity contribution >= 4 is 11.8 Å². The van der Waals surface area contributed by atoms with Crippen molar-refractivity contribution in [1.82, 2.24) is 9.97 Å². The van der Waals surface area contributed by atoms with Gasteiger partial charge in [0.15, 0.2) is 0 Å². The number of nitrogens with zero attached hydrogens (tertiary/aromatic N) is 2. The highest BCUT2D eigenvalue weighted by molar-refractivity contribution is 5.69. The van der Waals surface area contributed by atoms with Crippen LogP contribution in [0.15, 0.2) is 12.3 Å². The van der Waals surface area contributed by atoms with Crippen LogP contribution in [0.5, 0.6) is 0 Å². The molecule has 1 saturated carbocycles. The van der Waals surface area contributed by atoms with Gasteiger partial charge in [-0.15, -0.1) is 0 Å². The molecule has 0 spiro atoms. The third kappa shape index (κ3) is 2.93. The van der Waals surface area contributed by atoms with Crippen LogP contribution in [0, 0.1) is 6.92 Å². The smallest absolute Gasteiger partial charge is 0.305 e. The molecular formula is C12H17N3O2. The monoisotopic (exact) mass is 235 g/mol. The van der Waals surface area contributed by atoms with E-state index < -0.39 is 5.97 Å². The van der Waals surface area contributed by atoms with Gasteiger partial charge in [0.1, 0.15) is 11.6 Å². The van der Waals surface area contributed by atoms with Crippen LogP contribution in [0.25, 0.3) is 0 Å². The summed E-state index contributed by atoms with van der Waals surface area (Å²) in [6, 6.07) is 1.79. The highest BCUT2D eigenvalue weighted by atomic mass is 16.4. The summed E-state index contributed by atoms with van der Waals surface area (Å²) in [5.74, 6) is 0.657. The first kappa shape index (κ1) is 11.8. The molecule has 1 aromatic heterocycles. The van der Waals surface area contributed by atoms with E-state index >= 15 is 0 Å². The number of carboxylic acids is 1. The Morgan fingerprint density at radius 2 is 2.24 bits per heavy atom. The second-order valence-corrected chi connectivity index (χ2v) is 4.67. The lowest BCUT2D eigenvalue weighted by atomic mass is 9.93. The van der Waals surface area contributed by atoms with Crippen molar-refractivity contribution in [3.8, 4) is 0 Å². The molecule has 1 heterocycles. The van der Waals surface area contributed by atoms with Gasteiger partial charge in [-0.25, -0.2) is 9.97 Å². The van der Waals surface area contributed by atoms with E-state index in [9.17, 15) is 4.79 Å². The van der Waals surface area contributed by atoms with Crippen LogP contribution in [-0.4, -0.2) is 26.6 Å². The molecule has 0 atom stereocenters. The number of aliphatic carboxylic acids is 1. The highest BCUT2D eigenvalue weighted by Crippen LogP contribution is 2.35. The summed E-state index contributed by atoms with van der Waals surface area (Å²) >= 11 is 0. The molecule has 0 aliphatic heterocycles. The van der Waals surface area contributed by atoms with Crippen molar-refractivity contribution in [1.29, 1.82) is 0 Å². The van der Waals surface area contributed by atoms with E-state index in [-0.39, 0.29) is 12.0 Å². The maximum atomic E-state index is 10.9. The Bertz CT molecular complexity index is 414. The number of hydrogen-bond acceptors (Lipinski definition) is 4. The lowest BCUT2D eigenvalue weighted by Crippen LogP contribution is -2.37. The number of nitrogens with one attached hydrogen (secondary N) is 1. The molecule has 0 saturated heterocycles. The third-order valence-electron chi connectivity index (χ3n) is 3.22. The number of carbonyl (C=O) groups is 1. The second-order valence-electron chi connectivity index (χ2n) is 4.67. The van der Waals surface area contributed by atoms with Gasteiger partial charge in [0, 0.05) is 11.7 Å². The van der Waals surface area contributed by atoms with Gasteiger partial charge in [-0.05, 0) is 25.8 Å². The average Bonchev–Trinajstić information content (AvgIpc) is 2.65. The minimum Gasteiger partial charge on any atom is -0.481 e. The molecule has 1 aliphatic carbocycles. The second kappa shape index (κ2) is 4.69. The molecule has 0 radical (unpaired) electrons. The van der Waals surface area contributed by atoms with Crippen LogP contribution in [0.3, 0.4) is 0 Å². The molecule has 5 heteroatoms. The molecule has 5 nitrogen and oxygen atoms in total. The molecule has 2 N–H and O–H groups in total. The summed E-state index contributed by atoms with van der Waals surface area (Å²) in [5, 5.41) is 12.3. The Hall–Kier alpha value is -1.65. The molecule has 0 bridgehead atoms. The van der Waals surface area contributed by atoms with Crippen molar-refractivity contribution in [3.05, 3.63) is 18.1 Å². The van der Waals surface area contributed by atoms with Gasteiger partial charge >= 0.3 is 5.97 Å². The lowest BCUT2D eigenvalue weighted by molar-refractivity contribution is -0.138. The number of carboxylic acid groups (broad SMARTS) is 1. The number of aryl methyl sites for hydroxylation is 1. The normalized spacial score (nSPS) is 17.9. The highest BCUT2D eigenvalue weighted by Gasteiger charge is 2.36. The summed E-state index contributed by atoms with van der Waals surface area (Å²) in [6.07, 6.45) is 5.77. The quantitative estimate of drug-likeness (QED) is 0.834. The molecule has 1 aromatic rings. The van der Waals surface area contributed by atoms with E-state index in [2.05, 4.69) is 15.3 Å². The van der Waals surface area contributed by atoms with Crippen LogP contribution in [0.2, 0.25) is 0 Å². The summed E-state index contributed by atoms with van der Waals surface area (Å²) in [5.41, 5.74) is -0.327. The zero-order valence-corrected chi connectivity index (χ0v) is 9.94. The predicted molar refractivity (Wildman–Crippen MR) is 63.8 cm³/mol. The van der Waals surface area contributed by atoms with Gasteiger partial charge < -0.3 is 10.4 Å². The summed E-state index contributed by atoms with van der Waals surface area (Å²) in [6.45, 7) is 1.82. The van der Waals surface area contributed by atoms with Gasteiger partial charge in [0.25, 0.3) is 0 Å². The van der Waals surface area contributed by atoms with Crippen molar-refractivity contribution in [2.24, 2.45) is 0 Å². The average molecular weight is 235 g/mol. The minimum atomic E-state index is -0.759. The van der Waals surface area contributed by atoms with Crippen LogP contribution in [-0.2, 0) is 4.79 Å². The topological polar surface area (TPSA) is 75.1 Å². The van der Waals surface area contributed by atoms with Gasteiger partial charge in [-0.2, -0.15) is 0 Å². The first-order chi connectivity index (χ1) is 8.10. The molecule has 0 amide bonds. The maximum absolute atomic E-state index is 10.9. The van der Waals surface area contributed by atoms with Crippen LogP contribution >= 0.6 is 0 Å². The van der Waals surface area contributed by atoms with Gasteiger partial charge in [-0.1, -0.05) is 12.8 Å². The Kier molecular flexibility index (Phi) is 3.26. The summed E-state index contributed by atoms with van der Waals surface area (Å²) < 4.78 is 0. The van der Waals surface area contributed by atoms with Crippen molar-refractivity contribution < 1.29 is 9.90 Å². The fourth-order valence-corrected chi connectivity index (χ4v) is 2.48. The first-order valence-electron chi connectivity index (χ1n) is 5.89. The Labute approximate surface area is 100 Å². The van der Waals surface area contributed by atoms with E-state index in [1.54, 1.807) is 12.3 Å². The molecule has 17 heavy (non-hydrogen) atoms. The SMILES string of the molecule is Cc1nccc(NC2(CC(=O)O)CCCC2)n1. The molecule has 0 unspecified atom stereocenters. The van der Waals surface area contributed by atoms with E-state index in [1.807, 2.05) is 6.92 Å². The molecule has 92 valence electrons. The van der Waals surface area contributed by atoms with Gasteiger partial charge in [0.2, 0.25) is 0 Å². The van der Waals surface area contributed by atoms with Crippen LogP contribution < -0.4 is 5.32 Å². The van der Waals surface area contributed by atoms with Crippen LogP contribution in [0.1, 0.15) is 37.9 Å². The summed E-state index contributed by atoms with van der Waals surface area (Å²) in [7, 11) is 0. The van der Waals surface area contributed by atoms with Gasteiger partial charge in [0.05, 0.1) is 6.42 Å². The number of rotatable bonds is 4. The van der Waals surface area contributed by atoms with E-state index in [0.29, 0.717) is 5.82 Å². The molecule has 0 aromatic carbocycles. The fourth-order valence-electron chi connectivity index (χ4n) is 2.48. The largest absolute Gasteiger partial charge is 0.481 e. The van der Waals surface area contributed by atoms with E-state index in [4.69, 9.17) is 5.11 Å².